The second kappa shape index (κ2) is 9.20. The maximum absolute atomic E-state index is 12.6. The molecule has 0 aliphatic carbocycles. The number of amides is 1. The minimum Gasteiger partial charge on any atom is -0.480 e. The summed E-state index contributed by atoms with van der Waals surface area (Å²) in [7, 11) is -2.15. The number of aliphatic hydroxyl groups is 1. The summed E-state index contributed by atoms with van der Waals surface area (Å²) in [6.07, 6.45) is 1.43. The van der Waals surface area contributed by atoms with E-state index in [0.29, 0.717) is 22.6 Å². The molecule has 32 heavy (non-hydrogen) atoms. The molecule has 0 saturated carbocycles. The molecule has 1 amide bonds. The standard InChI is InChI=1S/C21H22N4O6S/c1-13-22-19(11-25(13)2)32(30,31)24-17-5-3-4-16(10-17)14-6-8-15(9-7-14)20(27)23-18(12-26)21(28)29/h3-11,18,24,26H,12H2,1-2H3,(H,23,27)(H,28,29). The molecule has 1 atom stereocenters. The number of aromatic nitrogens is 2. The maximum Gasteiger partial charge on any atom is 0.328 e. The molecule has 3 rings (SSSR count). The van der Waals surface area contributed by atoms with Crippen LogP contribution in [0.2, 0.25) is 0 Å². The molecule has 1 unspecified atom stereocenters. The first-order chi connectivity index (χ1) is 15.1. The number of nitrogens with zero attached hydrogens (tertiary/aromatic N) is 2. The van der Waals surface area contributed by atoms with Crippen LogP contribution in [0, 0.1) is 6.92 Å². The van der Waals surface area contributed by atoms with Gasteiger partial charge in [0.1, 0.15) is 5.82 Å². The lowest BCUT2D eigenvalue weighted by molar-refractivity contribution is -0.140. The normalized spacial score (nSPS) is 12.2. The molecule has 3 aromatic rings. The van der Waals surface area contributed by atoms with Crippen LogP contribution in [0.15, 0.2) is 59.8 Å². The van der Waals surface area contributed by atoms with Gasteiger partial charge in [-0.3, -0.25) is 9.52 Å². The number of hydrogen-bond donors (Lipinski definition) is 4. The van der Waals surface area contributed by atoms with Crippen molar-refractivity contribution in [3.63, 3.8) is 0 Å². The molecule has 0 spiro atoms. The van der Waals surface area contributed by atoms with Crippen molar-refractivity contribution < 1.29 is 28.2 Å². The van der Waals surface area contributed by atoms with Crippen molar-refractivity contribution in [3.05, 3.63) is 66.1 Å². The van der Waals surface area contributed by atoms with Crippen LogP contribution in [0.5, 0.6) is 0 Å². The summed E-state index contributed by atoms with van der Waals surface area (Å²) in [5, 5.41) is 20.1. The molecule has 11 heteroatoms. The van der Waals surface area contributed by atoms with Gasteiger partial charge < -0.3 is 20.1 Å². The second-order valence-electron chi connectivity index (χ2n) is 7.05. The summed E-state index contributed by atoms with van der Waals surface area (Å²) in [5.74, 6) is -1.40. The van der Waals surface area contributed by atoms with Crippen molar-refractivity contribution >= 4 is 27.6 Å². The number of sulfonamides is 1. The fourth-order valence-corrected chi connectivity index (χ4v) is 3.96. The van der Waals surface area contributed by atoms with Crippen LogP contribution in [-0.2, 0) is 21.9 Å². The van der Waals surface area contributed by atoms with E-state index >= 15 is 0 Å². The smallest absolute Gasteiger partial charge is 0.328 e. The summed E-state index contributed by atoms with van der Waals surface area (Å²) in [5.41, 5.74) is 1.98. The average molecular weight is 458 g/mol. The zero-order chi connectivity index (χ0) is 23.5. The lowest BCUT2D eigenvalue weighted by atomic mass is 10.0. The predicted molar refractivity (Wildman–Crippen MR) is 117 cm³/mol. The number of aliphatic carboxylic acids is 1. The van der Waals surface area contributed by atoms with E-state index in [1.807, 2.05) is 0 Å². The van der Waals surface area contributed by atoms with Crippen LogP contribution in [0.1, 0.15) is 16.2 Å². The molecule has 10 nitrogen and oxygen atoms in total. The molecule has 0 saturated heterocycles. The van der Waals surface area contributed by atoms with Gasteiger partial charge in [0.2, 0.25) is 0 Å². The molecule has 0 fully saturated rings. The summed E-state index contributed by atoms with van der Waals surface area (Å²) in [6.45, 7) is 0.981. The van der Waals surface area contributed by atoms with Gasteiger partial charge >= 0.3 is 5.97 Å². The summed E-state index contributed by atoms with van der Waals surface area (Å²) < 4.78 is 29.3. The third-order valence-electron chi connectivity index (χ3n) is 4.74. The summed E-state index contributed by atoms with van der Waals surface area (Å²) in [6, 6.07) is 11.7. The number of rotatable bonds is 8. The monoisotopic (exact) mass is 458 g/mol. The highest BCUT2D eigenvalue weighted by Gasteiger charge is 2.20. The Labute approximate surface area is 184 Å². The number of benzene rings is 2. The van der Waals surface area contributed by atoms with Crippen molar-refractivity contribution in [3.8, 4) is 11.1 Å². The first-order valence-corrected chi connectivity index (χ1v) is 11.0. The molecule has 1 aromatic heterocycles. The largest absolute Gasteiger partial charge is 0.480 e. The van der Waals surface area contributed by atoms with E-state index in [0.717, 1.165) is 0 Å². The van der Waals surface area contributed by atoms with Crippen LogP contribution in [0.4, 0.5) is 5.69 Å². The van der Waals surface area contributed by atoms with Crippen molar-refractivity contribution in [1.82, 2.24) is 14.9 Å². The van der Waals surface area contributed by atoms with Crippen LogP contribution in [0.25, 0.3) is 11.1 Å². The molecule has 2 aromatic carbocycles. The van der Waals surface area contributed by atoms with E-state index < -0.39 is 34.5 Å². The minimum atomic E-state index is -3.86. The Balaban J connectivity index is 1.78. The second-order valence-corrected chi connectivity index (χ2v) is 8.68. The lowest BCUT2D eigenvalue weighted by Crippen LogP contribution is -2.43. The highest BCUT2D eigenvalue weighted by atomic mass is 32.2. The fraction of sp³-hybridized carbons (Fsp3) is 0.190. The Morgan fingerprint density at radius 2 is 1.81 bits per heavy atom. The third kappa shape index (κ3) is 5.13. The Hall–Kier alpha value is -3.70. The number of hydrogen-bond acceptors (Lipinski definition) is 6. The molecule has 4 N–H and O–H groups in total. The number of carbonyl (C=O) groups excluding carboxylic acids is 1. The molecule has 1 heterocycles. The van der Waals surface area contributed by atoms with E-state index in [1.165, 1.54) is 18.3 Å². The van der Waals surface area contributed by atoms with Gasteiger partial charge in [0.05, 0.1) is 6.61 Å². The van der Waals surface area contributed by atoms with Crippen molar-refractivity contribution in [2.45, 2.75) is 18.0 Å². The highest BCUT2D eigenvalue weighted by molar-refractivity contribution is 7.92. The van der Waals surface area contributed by atoms with Gasteiger partial charge in [0, 0.05) is 24.5 Å². The number of carboxylic acid groups (broad SMARTS) is 1. The summed E-state index contributed by atoms with van der Waals surface area (Å²) in [4.78, 5) is 27.2. The van der Waals surface area contributed by atoms with E-state index in [2.05, 4.69) is 15.0 Å². The Morgan fingerprint density at radius 1 is 1.12 bits per heavy atom. The lowest BCUT2D eigenvalue weighted by Gasteiger charge is -2.12. The van der Waals surface area contributed by atoms with Gasteiger partial charge in [-0.05, 0) is 42.3 Å². The summed E-state index contributed by atoms with van der Waals surface area (Å²) >= 11 is 0. The Morgan fingerprint density at radius 3 is 2.38 bits per heavy atom. The molecule has 0 aliphatic rings. The number of nitrogens with one attached hydrogen (secondary N) is 2. The van der Waals surface area contributed by atoms with Gasteiger partial charge in [-0.2, -0.15) is 8.42 Å². The Bertz CT molecular complexity index is 1230. The molecule has 168 valence electrons. The molecule has 0 bridgehead atoms. The topological polar surface area (TPSA) is 151 Å². The first kappa shape index (κ1) is 23.0. The van der Waals surface area contributed by atoms with E-state index in [4.69, 9.17) is 10.2 Å². The molecule has 0 aliphatic heterocycles. The van der Waals surface area contributed by atoms with Crippen LogP contribution in [-0.4, -0.2) is 52.7 Å². The molecular weight excluding hydrogens is 436 g/mol. The van der Waals surface area contributed by atoms with Gasteiger partial charge in [-0.25, -0.2) is 9.78 Å². The number of aliphatic hydroxyl groups excluding tert-OH is 1. The molecular formula is C21H22N4O6S. The quantitative estimate of drug-likeness (QED) is 0.398. The zero-order valence-corrected chi connectivity index (χ0v) is 18.1. The van der Waals surface area contributed by atoms with Crippen molar-refractivity contribution in [2.24, 2.45) is 7.05 Å². The zero-order valence-electron chi connectivity index (χ0n) is 17.3. The van der Waals surface area contributed by atoms with Crippen LogP contribution < -0.4 is 10.0 Å². The van der Waals surface area contributed by atoms with E-state index in [9.17, 15) is 18.0 Å². The Kier molecular flexibility index (Phi) is 6.61. The van der Waals surface area contributed by atoms with Crippen LogP contribution in [0.3, 0.4) is 0 Å². The highest BCUT2D eigenvalue weighted by Crippen LogP contribution is 2.24. The van der Waals surface area contributed by atoms with Gasteiger partial charge in [-0.1, -0.05) is 24.3 Å². The number of carbonyl (C=O) groups is 2. The number of imidazole rings is 1. The number of anilines is 1. The van der Waals surface area contributed by atoms with Crippen molar-refractivity contribution in [1.29, 1.82) is 0 Å². The number of carboxylic acids is 1. The predicted octanol–water partition coefficient (Wildman–Crippen LogP) is 1.37. The first-order valence-electron chi connectivity index (χ1n) is 9.48. The number of aryl methyl sites for hydroxylation is 2. The average Bonchev–Trinajstić information content (AvgIpc) is 3.11. The van der Waals surface area contributed by atoms with Gasteiger partial charge in [-0.15, -0.1) is 0 Å². The van der Waals surface area contributed by atoms with Crippen molar-refractivity contribution in [2.75, 3.05) is 11.3 Å². The minimum absolute atomic E-state index is 0.0826. The van der Waals surface area contributed by atoms with E-state index in [1.54, 1.807) is 54.9 Å². The van der Waals surface area contributed by atoms with E-state index in [-0.39, 0.29) is 10.6 Å². The maximum atomic E-state index is 12.6. The van der Waals surface area contributed by atoms with Gasteiger partial charge in [0.25, 0.3) is 15.9 Å². The van der Waals surface area contributed by atoms with Crippen LogP contribution >= 0.6 is 0 Å². The third-order valence-corrected chi connectivity index (χ3v) is 5.99. The molecule has 0 radical (unpaired) electrons. The SMILES string of the molecule is Cc1nc(S(=O)(=O)Nc2cccc(-c3ccc(C(=O)NC(CO)C(=O)O)cc3)c2)cn1C. The van der Waals surface area contributed by atoms with Gasteiger partial charge in [0.15, 0.2) is 11.1 Å². The fourth-order valence-electron chi connectivity index (χ4n) is 2.87.